The Morgan fingerprint density at radius 1 is 1.20 bits per heavy atom. The molecule has 0 saturated heterocycles. The second-order valence-corrected chi connectivity index (χ2v) is 5.75. The lowest BCUT2D eigenvalue weighted by molar-refractivity contribution is -0.121. The molecule has 0 unspecified atom stereocenters. The minimum atomic E-state index is 0.0216. The van der Waals surface area contributed by atoms with Crippen LogP contribution in [0.5, 0.6) is 0 Å². The third-order valence-electron chi connectivity index (χ3n) is 4.26. The summed E-state index contributed by atoms with van der Waals surface area (Å²) in [4.78, 5) is 11.8. The summed E-state index contributed by atoms with van der Waals surface area (Å²) in [7, 11) is 0. The van der Waals surface area contributed by atoms with Crippen LogP contribution in [0.4, 0.5) is 0 Å². The molecule has 0 aromatic heterocycles. The van der Waals surface area contributed by atoms with Gasteiger partial charge >= 0.3 is 0 Å². The average molecular weight is 275 g/mol. The van der Waals surface area contributed by atoms with E-state index in [4.69, 9.17) is 0 Å². The highest BCUT2D eigenvalue weighted by molar-refractivity contribution is 5.75. The van der Waals surface area contributed by atoms with Gasteiger partial charge in [-0.25, -0.2) is 0 Å². The van der Waals surface area contributed by atoms with E-state index in [1.165, 1.54) is 32.1 Å². The summed E-state index contributed by atoms with van der Waals surface area (Å²) in [5.41, 5.74) is 1.89. The Hall–Kier alpha value is -1.35. The lowest BCUT2D eigenvalue weighted by Gasteiger charge is -2.10. The third-order valence-corrected chi connectivity index (χ3v) is 4.26. The predicted octanol–water partition coefficient (Wildman–Crippen LogP) is 3.16. The maximum atomic E-state index is 11.8. The third kappa shape index (κ3) is 4.64. The van der Waals surface area contributed by atoms with Crippen LogP contribution in [0.2, 0.25) is 0 Å². The summed E-state index contributed by atoms with van der Waals surface area (Å²) in [6.07, 6.45) is 8.26. The molecule has 2 N–H and O–H groups in total. The van der Waals surface area contributed by atoms with E-state index in [0.29, 0.717) is 13.0 Å². The van der Waals surface area contributed by atoms with Crippen molar-refractivity contribution >= 4 is 5.91 Å². The zero-order chi connectivity index (χ0) is 14.2. The molecule has 2 rings (SSSR count). The number of carbonyl (C=O) groups is 1. The van der Waals surface area contributed by atoms with Crippen LogP contribution in [-0.2, 0) is 17.9 Å². The van der Waals surface area contributed by atoms with Crippen molar-refractivity contribution in [1.29, 1.82) is 0 Å². The predicted molar refractivity (Wildman–Crippen MR) is 80.0 cm³/mol. The molecule has 20 heavy (non-hydrogen) atoms. The van der Waals surface area contributed by atoms with Gasteiger partial charge < -0.3 is 10.4 Å². The minimum absolute atomic E-state index is 0.0216. The molecule has 3 heteroatoms. The summed E-state index contributed by atoms with van der Waals surface area (Å²) in [5, 5.41) is 12.2. The first-order chi connectivity index (χ1) is 9.79. The van der Waals surface area contributed by atoms with Crippen LogP contribution in [0.3, 0.4) is 0 Å². The van der Waals surface area contributed by atoms with Gasteiger partial charge in [0.05, 0.1) is 6.61 Å². The number of amides is 1. The molecule has 1 aliphatic rings. The van der Waals surface area contributed by atoms with Crippen LogP contribution in [0.25, 0.3) is 0 Å². The van der Waals surface area contributed by atoms with E-state index >= 15 is 0 Å². The van der Waals surface area contributed by atoms with Gasteiger partial charge in [-0.1, -0.05) is 49.9 Å². The molecular weight excluding hydrogens is 250 g/mol. The molecule has 1 aromatic carbocycles. The van der Waals surface area contributed by atoms with Crippen LogP contribution >= 0.6 is 0 Å². The lowest BCUT2D eigenvalue weighted by atomic mass is 10.0. The molecular formula is C17H25NO2. The Balaban J connectivity index is 1.66. The molecule has 3 nitrogen and oxygen atoms in total. The van der Waals surface area contributed by atoms with Crippen molar-refractivity contribution in [3.63, 3.8) is 0 Å². The number of hydrogen-bond donors (Lipinski definition) is 2. The van der Waals surface area contributed by atoms with Crippen molar-refractivity contribution in [3.05, 3.63) is 35.4 Å². The molecule has 1 aliphatic carbocycles. The van der Waals surface area contributed by atoms with Gasteiger partial charge in [0.2, 0.25) is 5.91 Å². The molecule has 1 fully saturated rings. The van der Waals surface area contributed by atoms with Crippen molar-refractivity contribution in [1.82, 2.24) is 5.32 Å². The Morgan fingerprint density at radius 2 is 1.90 bits per heavy atom. The van der Waals surface area contributed by atoms with Gasteiger partial charge in [-0.05, 0) is 29.9 Å². The first kappa shape index (κ1) is 15.0. The van der Waals surface area contributed by atoms with Gasteiger partial charge in [-0.2, -0.15) is 0 Å². The van der Waals surface area contributed by atoms with E-state index in [2.05, 4.69) is 5.32 Å². The monoisotopic (exact) mass is 275 g/mol. The van der Waals surface area contributed by atoms with Crippen molar-refractivity contribution in [3.8, 4) is 0 Å². The molecule has 0 heterocycles. The van der Waals surface area contributed by atoms with Gasteiger partial charge in [0.25, 0.3) is 0 Å². The summed E-state index contributed by atoms with van der Waals surface area (Å²) in [6, 6.07) is 7.67. The summed E-state index contributed by atoms with van der Waals surface area (Å²) < 4.78 is 0. The van der Waals surface area contributed by atoms with E-state index in [0.717, 1.165) is 23.5 Å². The molecule has 110 valence electrons. The topological polar surface area (TPSA) is 49.3 Å². The molecule has 0 radical (unpaired) electrons. The Morgan fingerprint density at radius 3 is 2.60 bits per heavy atom. The normalized spacial score (nSPS) is 15.4. The first-order valence-electron chi connectivity index (χ1n) is 7.74. The number of benzene rings is 1. The summed E-state index contributed by atoms with van der Waals surface area (Å²) in [5.74, 6) is 0.980. The second kappa shape index (κ2) is 8.05. The highest BCUT2D eigenvalue weighted by atomic mass is 16.3. The van der Waals surface area contributed by atoms with E-state index in [1.807, 2.05) is 24.3 Å². The van der Waals surface area contributed by atoms with Gasteiger partial charge in [-0.15, -0.1) is 0 Å². The van der Waals surface area contributed by atoms with Crippen LogP contribution in [0.15, 0.2) is 24.3 Å². The van der Waals surface area contributed by atoms with Crippen molar-refractivity contribution in [2.75, 3.05) is 0 Å². The van der Waals surface area contributed by atoms with E-state index in [9.17, 15) is 9.90 Å². The minimum Gasteiger partial charge on any atom is -0.392 e. The van der Waals surface area contributed by atoms with E-state index < -0.39 is 0 Å². The molecule has 1 amide bonds. The molecule has 0 aliphatic heterocycles. The van der Waals surface area contributed by atoms with Crippen LogP contribution in [-0.4, -0.2) is 11.0 Å². The number of rotatable bonds is 7. The Kier molecular flexibility index (Phi) is 6.06. The molecule has 0 bridgehead atoms. The fourth-order valence-corrected chi connectivity index (χ4v) is 3.02. The molecule has 1 aromatic rings. The van der Waals surface area contributed by atoms with E-state index in [-0.39, 0.29) is 12.5 Å². The number of aliphatic hydroxyl groups is 1. The highest BCUT2D eigenvalue weighted by Gasteiger charge is 2.14. The standard InChI is InChI=1S/C17H25NO2/c19-13-16-10-4-3-9-15(16)12-18-17(20)11-5-8-14-6-1-2-7-14/h3-4,9-10,14,19H,1-2,5-8,11-13H2,(H,18,20). The highest BCUT2D eigenvalue weighted by Crippen LogP contribution is 2.28. The SMILES string of the molecule is O=C(CCCC1CCCC1)NCc1ccccc1CO. The Labute approximate surface area is 121 Å². The number of hydrogen-bond acceptors (Lipinski definition) is 2. The van der Waals surface area contributed by atoms with Crippen LogP contribution in [0, 0.1) is 5.92 Å². The van der Waals surface area contributed by atoms with Crippen molar-refractivity contribution < 1.29 is 9.90 Å². The van der Waals surface area contributed by atoms with Crippen LogP contribution in [0.1, 0.15) is 56.1 Å². The quantitative estimate of drug-likeness (QED) is 0.803. The fourth-order valence-electron chi connectivity index (χ4n) is 3.02. The molecule has 0 atom stereocenters. The molecule has 1 saturated carbocycles. The first-order valence-corrected chi connectivity index (χ1v) is 7.74. The second-order valence-electron chi connectivity index (χ2n) is 5.75. The zero-order valence-corrected chi connectivity index (χ0v) is 12.1. The van der Waals surface area contributed by atoms with Gasteiger partial charge in [0, 0.05) is 13.0 Å². The largest absolute Gasteiger partial charge is 0.392 e. The van der Waals surface area contributed by atoms with Crippen molar-refractivity contribution in [2.24, 2.45) is 5.92 Å². The maximum absolute atomic E-state index is 11.8. The maximum Gasteiger partial charge on any atom is 0.220 e. The van der Waals surface area contributed by atoms with Gasteiger partial charge in [0.1, 0.15) is 0 Å². The Bertz CT molecular complexity index is 425. The lowest BCUT2D eigenvalue weighted by Crippen LogP contribution is -2.23. The molecule has 0 spiro atoms. The van der Waals surface area contributed by atoms with Gasteiger partial charge in [0.15, 0.2) is 0 Å². The zero-order valence-electron chi connectivity index (χ0n) is 12.1. The van der Waals surface area contributed by atoms with Crippen molar-refractivity contribution in [2.45, 2.75) is 58.1 Å². The fraction of sp³-hybridized carbons (Fsp3) is 0.588. The number of nitrogens with one attached hydrogen (secondary N) is 1. The van der Waals surface area contributed by atoms with Gasteiger partial charge in [-0.3, -0.25) is 4.79 Å². The van der Waals surface area contributed by atoms with E-state index in [1.54, 1.807) is 0 Å². The number of aliphatic hydroxyl groups excluding tert-OH is 1. The summed E-state index contributed by atoms with van der Waals surface area (Å²) >= 11 is 0. The smallest absolute Gasteiger partial charge is 0.220 e. The van der Waals surface area contributed by atoms with Crippen LogP contribution < -0.4 is 5.32 Å². The number of carbonyl (C=O) groups excluding carboxylic acids is 1. The summed E-state index contributed by atoms with van der Waals surface area (Å²) in [6.45, 7) is 0.534. The average Bonchev–Trinajstić information content (AvgIpc) is 2.98.